The first-order valence-corrected chi connectivity index (χ1v) is 6.35. The van der Waals surface area contributed by atoms with Crippen LogP contribution >= 0.6 is 0 Å². The molecule has 3 nitrogen and oxygen atoms in total. The second-order valence-corrected chi connectivity index (χ2v) is 5.18. The summed E-state index contributed by atoms with van der Waals surface area (Å²) in [5.74, 6) is 0.640. The van der Waals surface area contributed by atoms with Crippen molar-refractivity contribution in [3.05, 3.63) is 30.6 Å². The van der Waals surface area contributed by atoms with Crippen molar-refractivity contribution in [1.29, 1.82) is 0 Å². The summed E-state index contributed by atoms with van der Waals surface area (Å²) in [4.78, 5) is 4.33. The zero-order chi connectivity index (χ0) is 11.8. The summed E-state index contributed by atoms with van der Waals surface area (Å²) >= 11 is 0. The van der Waals surface area contributed by atoms with E-state index in [4.69, 9.17) is 0 Å². The molecule has 2 aromatic rings. The molecule has 0 spiro atoms. The lowest BCUT2D eigenvalue weighted by Crippen LogP contribution is -2.30. The zero-order valence-electron chi connectivity index (χ0n) is 10.1. The Balaban J connectivity index is 1.98. The number of fused-ring (bicyclic) bond motifs is 1. The normalized spacial score (nSPS) is 29.6. The molecule has 0 aromatic carbocycles. The van der Waals surface area contributed by atoms with Crippen LogP contribution in [0.1, 0.15) is 32.2 Å². The molecule has 90 valence electrons. The Labute approximate surface area is 101 Å². The van der Waals surface area contributed by atoms with Gasteiger partial charge in [0.2, 0.25) is 0 Å². The second kappa shape index (κ2) is 4.15. The summed E-state index contributed by atoms with van der Waals surface area (Å²) < 4.78 is 2.19. The van der Waals surface area contributed by atoms with E-state index in [-0.39, 0.29) is 12.1 Å². The molecule has 3 heteroatoms. The van der Waals surface area contributed by atoms with Crippen LogP contribution in [0.15, 0.2) is 30.6 Å². The third-order valence-corrected chi connectivity index (χ3v) is 3.89. The van der Waals surface area contributed by atoms with Gasteiger partial charge in [0, 0.05) is 12.4 Å². The largest absolute Gasteiger partial charge is 0.391 e. The fraction of sp³-hybridized carbons (Fsp3) is 0.500. The smallest absolute Gasteiger partial charge is 0.0881 e. The molecule has 1 saturated carbocycles. The molecule has 0 saturated heterocycles. The van der Waals surface area contributed by atoms with E-state index >= 15 is 0 Å². The van der Waals surface area contributed by atoms with Crippen molar-refractivity contribution in [3.63, 3.8) is 0 Å². The summed E-state index contributed by atoms with van der Waals surface area (Å²) in [5, 5.41) is 10.2. The Hall–Kier alpha value is -1.35. The number of pyridine rings is 1. The average Bonchev–Trinajstić information content (AvgIpc) is 2.73. The summed E-state index contributed by atoms with van der Waals surface area (Å²) in [6.07, 6.45) is 6.80. The highest BCUT2D eigenvalue weighted by Crippen LogP contribution is 2.34. The lowest BCUT2D eigenvalue weighted by molar-refractivity contribution is 0.0566. The van der Waals surface area contributed by atoms with Crippen LogP contribution in [-0.2, 0) is 0 Å². The predicted molar refractivity (Wildman–Crippen MR) is 67.8 cm³/mol. The van der Waals surface area contributed by atoms with Crippen LogP contribution in [0.25, 0.3) is 11.0 Å². The summed E-state index contributed by atoms with van der Waals surface area (Å²) in [6.45, 7) is 2.22. The lowest BCUT2D eigenvalue weighted by atomic mass is 9.85. The van der Waals surface area contributed by atoms with Crippen molar-refractivity contribution in [3.8, 4) is 0 Å². The van der Waals surface area contributed by atoms with E-state index in [1.165, 1.54) is 6.42 Å². The molecule has 1 N–H and O–H groups in total. The molecule has 1 aliphatic carbocycles. The first-order valence-electron chi connectivity index (χ1n) is 6.35. The van der Waals surface area contributed by atoms with Crippen LogP contribution in [-0.4, -0.2) is 20.8 Å². The molecule has 1 aliphatic rings. The van der Waals surface area contributed by atoms with Crippen molar-refractivity contribution in [1.82, 2.24) is 9.55 Å². The van der Waals surface area contributed by atoms with Gasteiger partial charge in [-0.1, -0.05) is 6.92 Å². The number of nitrogens with zero attached hydrogens (tertiary/aromatic N) is 2. The van der Waals surface area contributed by atoms with Crippen molar-refractivity contribution in [2.45, 2.75) is 38.3 Å². The van der Waals surface area contributed by atoms with Crippen molar-refractivity contribution in [2.75, 3.05) is 0 Å². The molecule has 0 amide bonds. The Bertz CT molecular complexity index is 520. The van der Waals surface area contributed by atoms with Crippen molar-refractivity contribution >= 4 is 11.0 Å². The van der Waals surface area contributed by atoms with E-state index in [9.17, 15) is 5.11 Å². The highest BCUT2D eigenvalue weighted by molar-refractivity contribution is 5.75. The Morgan fingerprint density at radius 2 is 2.24 bits per heavy atom. The van der Waals surface area contributed by atoms with Crippen LogP contribution in [0.3, 0.4) is 0 Å². The van der Waals surface area contributed by atoms with Crippen molar-refractivity contribution < 1.29 is 5.11 Å². The number of hydrogen-bond acceptors (Lipinski definition) is 2. The van der Waals surface area contributed by atoms with Gasteiger partial charge in [-0.25, -0.2) is 0 Å². The minimum atomic E-state index is -0.227. The lowest BCUT2D eigenvalue weighted by Gasteiger charge is -2.33. The van der Waals surface area contributed by atoms with Gasteiger partial charge in [-0.2, -0.15) is 0 Å². The number of hydrogen-bond donors (Lipinski definition) is 1. The molecule has 3 atom stereocenters. The maximum atomic E-state index is 10.2. The topological polar surface area (TPSA) is 38.0 Å². The van der Waals surface area contributed by atoms with Gasteiger partial charge in [0.1, 0.15) is 0 Å². The van der Waals surface area contributed by atoms with E-state index in [0.717, 1.165) is 23.9 Å². The Morgan fingerprint density at radius 1 is 1.35 bits per heavy atom. The maximum absolute atomic E-state index is 10.2. The highest BCUT2D eigenvalue weighted by Gasteiger charge is 2.28. The van der Waals surface area contributed by atoms with Crippen LogP contribution in [0.2, 0.25) is 0 Å². The Morgan fingerprint density at radius 3 is 3.06 bits per heavy atom. The minimum Gasteiger partial charge on any atom is -0.391 e. The fourth-order valence-electron chi connectivity index (χ4n) is 2.94. The molecule has 0 bridgehead atoms. The number of aromatic nitrogens is 2. The van der Waals surface area contributed by atoms with Crippen LogP contribution < -0.4 is 0 Å². The van der Waals surface area contributed by atoms with E-state index in [0.29, 0.717) is 5.92 Å². The van der Waals surface area contributed by atoms with E-state index in [1.54, 1.807) is 0 Å². The number of rotatable bonds is 1. The average molecular weight is 230 g/mol. The van der Waals surface area contributed by atoms with E-state index in [1.807, 2.05) is 18.3 Å². The van der Waals surface area contributed by atoms with E-state index < -0.39 is 0 Å². The SMILES string of the molecule is CC1CC[C@@H](n2ccc3ncccc32)C(O)C1. The van der Waals surface area contributed by atoms with Gasteiger partial charge < -0.3 is 9.67 Å². The molecule has 2 heterocycles. The molecule has 0 radical (unpaired) electrons. The first kappa shape index (κ1) is 10.8. The molecule has 2 unspecified atom stereocenters. The zero-order valence-corrected chi connectivity index (χ0v) is 10.1. The first-order chi connectivity index (χ1) is 8.25. The Kier molecular flexibility index (Phi) is 2.63. The van der Waals surface area contributed by atoms with Gasteiger partial charge in [-0.05, 0) is 43.4 Å². The molecular weight excluding hydrogens is 212 g/mol. The van der Waals surface area contributed by atoms with Gasteiger partial charge in [-0.15, -0.1) is 0 Å². The molecule has 1 fully saturated rings. The monoisotopic (exact) mass is 230 g/mol. The predicted octanol–water partition coefficient (Wildman–Crippen LogP) is 2.76. The van der Waals surface area contributed by atoms with Crippen LogP contribution in [0.4, 0.5) is 0 Å². The van der Waals surface area contributed by atoms with Gasteiger partial charge >= 0.3 is 0 Å². The number of aliphatic hydroxyl groups excluding tert-OH is 1. The highest BCUT2D eigenvalue weighted by atomic mass is 16.3. The second-order valence-electron chi connectivity index (χ2n) is 5.18. The molecule has 3 rings (SSSR count). The summed E-state index contributed by atoms with van der Waals surface area (Å²) in [7, 11) is 0. The molecule has 2 aromatic heterocycles. The summed E-state index contributed by atoms with van der Waals surface area (Å²) in [5.41, 5.74) is 2.14. The van der Waals surface area contributed by atoms with Crippen LogP contribution in [0.5, 0.6) is 0 Å². The minimum absolute atomic E-state index is 0.216. The van der Waals surface area contributed by atoms with Gasteiger partial charge in [0.25, 0.3) is 0 Å². The number of aliphatic hydroxyl groups is 1. The van der Waals surface area contributed by atoms with Crippen molar-refractivity contribution in [2.24, 2.45) is 5.92 Å². The third-order valence-electron chi connectivity index (χ3n) is 3.89. The molecule has 17 heavy (non-hydrogen) atoms. The quantitative estimate of drug-likeness (QED) is 0.818. The summed E-state index contributed by atoms with van der Waals surface area (Å²) in [6, 6.07) is 6.28. The molecule has 0 aliphatic heterocycles. The van der Waals surface area contributed by atoms with Gasteiger partial charge in [-0.3, -0.25) is 4.98 Å². The standard InChI is InChI=1S/C14H18N2O/c1-10-4-5-13(14(17)9-10)16-8-6-11-12(16)3-2-7-15-11/h2-3,6-8,10,13-14,17H,4-5,9H2,1H3/t10?,13-,14?/m1/s1. The fourth-order valence-corrected chi connectivity index (χ4v) is 2.94. The third kappa shape index (κ3) is 1.84. The van der Waals surface area contributed by atoms with Gasteiger partial charge in [0.15, 0.2) is 0 Å². The maximum Gasteiger partial charge on any atom is 0.0881 e. The molecular formula is C14H18N2O. The van der Waals surface area contributed by atoms with Gasteiger partial charge in [0.05, 0.1) is 23.2 Å². The van der Waals surface area contributed by atoms with Crippen LogP contribution in [0, 0.1) is 5.92 Å². The van der Waals surface area contributed by atoms with E-state index in [2.05, 4.69) is 28.7 Å².